The molecule has 1 heterocycles. The van der Waals surface area contributed by atoms with Gasteiger partial charge in [-0.05, 0) is 48.4 Å². The first kappa shape index (κ1) is 18.9. The summed E-state index contributed by atoms with van der Waals surface area (Å²) in [4.78, 5) is 4.09. The number of benzene rings is 2. The van der Waals surface area contributed by atoms with Crippen LogP contribution in [0, 0.1) is 5.82 Å². The molecule has 0 radical (unpaired) electrons. The van der Waals surface area contributed by atoms with Crippen LogP contribution >= 0.6 is 0 Å². The number of pyridine rings is 1. The molecular formula is C22H23FN2O2. The smallest absolute Gasteiger partial charge is 0.161 e. The molecule has 0 atom stereocenters. The van der Waals surface area contributed by atoms with E-state index in [9.17, 15) is 4.39 Å². The van der Waals surface area contributed by atoms with Gasteiger partial charge in [0.25, 0.3) is 0 Å². The van der Waals surface area contributed by atoms with Gasteiger partial charge >= 0.3 is 0 Å². The molecule has 0 unspecified atom stereocenters. The summed E-state index contributed by atoms with van der Waals surface area (Å²) >= 11 is 0. The molecule has 0 saturated heterocycles. The van der Waals surface area contributed by atoms with E-state index in [0.717, 1.165) is 16.7 Å². The first-order chi connectivity index (χ1) is 13.3. The van der Waals surface area contributed by atoms with Gasteiger partial charge in [0.15, 0.2) is 11.5 Å². The summed E-state index contributed by atoms with van der Waals surface area (Å²) in [6.07, 6.45) is 4.16. The van der Waals surface area contributed by atoms with Crippen LogP contribution in [0.15, 0.2) is 67.0 Å². The van der Waals surface area contributed by atoms with Crippen LogP contribution in [0.2, 0.25) is 0 Å². The largest absolute Gasteiger partial charge is 0.493 e. The fraction of sp³-hybridized carbons (Fsp3) is 0.227. The lowest BCUT2D eigenvalue weighted by Gasteiger charge is -2.13. The standard InChI is InChI=1S/C22H23FN2O2/c1-26-21-9-8-17(13-22(21)27-16-18-5-4-11-24-15-18)14-25-12-10-19-6-2-3-7-20(19)23/h2-9,11,13,15,25H,10,12,14,16H2,1H3. The van der Waals surface area contributed by atoms with Crippen molar-refractivity contribution in [2.75, 3.05) is 13.7 Å². The first-order valence-corrected chi connectivity index (χ1v) is 8.89. The van der Waals surface area contributed by atoms with E-state index in [4.69, 9.17) is 9.47 Å². The van der Waals surface area contributed by atoms with Crippen LogP contribution in [0.3, 0.4) is 0 Å². The highest BCUT2D eigenvalue weighted by Gasteiger charge is 2.07. The van der Waals surface area contributed by atoms with Gasteiger partial charge in [0.05, 0.1) is 7.11 Å². The molecule has 0 bridgehead atoms. The van der Waals surface area contributed by atoms with Crippen LogP contribution in [0.5, 0.6) is 11.5 Å². The molecule has 140 valence electrons. The Morgan fingerprint density at radius 2 is 1.89 bits per heavy atom. The van der Waals surface area contributed by atoms with Gasteiger partial charge in [-0.3, -0.25) is 4.98 Å². The number of ether oxygens (including phenoxy) is 2. The zero-order valence-corrected chi connectivity index (χ0v) is 15.3. The maximum absolute atomic E-state index is 13.6. The van der Waals surface area contributed by atoms with Crippen molar-refractivity contribution in [2.24, 2.45) is 0 Å². The molecule has 0 saturated carbocycles. The van der Waals surface area contributed by atoms with Gasteiger partial charge < -0.3 is 14.8 Å². The van der Waals surface area contributed by atoms with Crippen LogP contribution < -0.4 is 14.8 Å². The molecule has 0 aliphatic heterocycles. The Morgan fingerprint density at radius 1 is 1.00 bits per heavy atom. The summed E-state index contributed by atoms with van der Waals surface area (Å²) < 4.78 is 24.9. The Kier molecular flexibility index (Phi) is 6.77. The van der Waals surface area contributed by atoms with Crippen LogP contribution in [0.4, 0.5) is 4.39 Å². The number of nitrogens with one attached hydrogen (secondary N) is 1. The van der Waals surface area contributed by atoms with Gasteiger partial charge in [0, 0.05) is 24.5 Å². The van der Waals surface area contributed by atoms with Crippen LogP contribution in [0.1, 0.15) is 16.7 Å². The number of halogens is 1. The Morgan fingerprint density at radius 3 is 2.67 bits per heavy atom. The predicted octanol–water partition coefficient (Wildman–Crippen LogP) is 4.14. The van der Waals surface area contributed by atoms with Gasteiger partial charge in [-0.1, -0.05) is 30.3 Å². The molecule has 2 aromatic carbocycles. The van der Waals surface area contributed by atoms with E-state index >= 15 is 0 Å². The number of rotatable bonds is 9. The normalized spacial score (nSPS) is 10.6. The van der Waals surface area contributed by atoms with Gasteiger partial charge in [-0.15, -0.1) is 0 Å². The summed E-state index contributed by atoms with van der Waals surface area (Å²) in [5.74, 6) is 1.22. The first-order valence-electron chi connectivity index (χ1n) is 8.89. The Balaban J connectivity index is 1.55. The molecular weight excluding hydrogens is 343 g/mol. The molecule has 3 rings (SSSR count). The number of aromatic nitrogens is 1. The third-order valence-corrected chi connectivity index (χ3v) is 4.20. The second kappa shape index (κ2) is 9.69. The van der Waals surface area contributed by atoms with E-state index < -0.39 is 0 Å². The van der Waals surface area contributed by atoms with Crippen LogP contribution in [-0.2, 0) is 19.6 Å². The summed E-state index contributed by atoms with van der Waals surface area (Å²) in [7, 11) is 1.62. The number of hydrogen-bond acceptors (Lipinski definition) is 4. The number of methoxy groups -OCH3 is 1. The predicted molar refractivity (Wildman–Crippen MR) is 103 cm³/mol. The number of nitrogens with zero attached hydrogens (tertiary/aromatic N) is 1. The zero-order chi connectivity index (χ0) is 18.9. The fourth-order valence-electron chi connectivity index (χ4n) is 2.75. The highest BCUT2D eigenvalue weighted by Crippen LogP contribution is 2.28. The van der Waals surface area contributed by atoms with Crippen molar-refractivity contribution < 1.29 is 13.9 Å². The van der Waals surface area contributed by atoms with Crippen molar-refractivity contribution in [3.63, 3.8) is 0 Å². The molecule has 0 aliphatic carbocycles. The topological polar surface area (TPSA) is 43.4 Å². The minimum Gasteiger partial charge on any atom is -0.493 e. The van der Waals surface area contributed by atoms with Crippen molar-refractivity contribution in [3.05, 3.63) is 89.5 Å². The maximum Gasteiger partial charge on any atom is 0.161 e. The lowest BCUT2D eigenvalue weighted by atomic mass is 10.1. The summed E-state index contributed by atoms with van der Waals surface area (Å²) in [5.41, 5.74) is 2.79. The number of hydrogen-bond donors (Lipinski definition) is 1. The second-order valence-electron chi connectivity index (χ2n) is 6.15. The lowest BCUT2D eigenvalue weighted by Crippen LogP contribution is -2.17. The maximum atomic E-state index is 13.6. The molecule has 4 nitrogen and oxygen atoms in total. The molecule has 1 N–H and O–H groups in total. The van der Waals surface area contributed by atoms with Crippen LogP contribution in [-0.4, -0.2) is 18.6 Å². The third-order valence-electron chi connectivity index (χ3n) is 4.20. The Labute approximate surface area is 159 Å². The van der Waals surface area contributed by atoms with E-state index in [1.807, 2.05) is 42.5 Å². The highest BCUT2D eigenvalue weighted by atomic mass is 19.1. The van der Waals surface area contributed by atoms with Crippen molar-refractivity contribution in [3.8, 4) is 11.5 Å². The Bertz CT molecular complexity index is 856. The van der Waals surface area contributed by atoms with Crippen LogP contribution in [0.25, 0.3) is 0 Å². The highest BCUT2D eigenvalue weighted by molar-refractivity contribution is 5.43. The van der Waals surface area contributed by atoms with Crippen molar-refractivity contribution in [1.29, 1.82) is 0 Å². The second-order valence-corrected chi connectivity index (χ2v) is 6.15. The van der Waals surface area contributed by atoms with E-state index in [2.05, 4.69) is 10.3 Å². The van der Waals surface area contributed by atoms with Gasteiger partial charge in [0.1, 0.15) is 12.4 Å². The van der Waals surface area contributed by atoms with Crippen molar-refractivity contribution >= 4 is 0 Å². The quantitative estimate of drug-likeness (QED) is 0.578. The zero-order valence-electron chi connectivity index (χ0n) is 15.3. The van der Waals surface area contributed by atoms with Crippen molar-refractivity contribution in [1.82, 2.24) is 10.3 Å². The van der Waals surface area contributed by atoms with Gasteiger partial charge in [-0.25, -0.2) is 4.39 Å². The van der Waals surface area contributed by atoms with E-state index in [-0.39, 0.29) is 5.82 Å². The monoisotopic (exact) mass is 366 g/mol. The SMILES string of the molecule is COc1ccc(CNCCc2ccccc2F)cc1OCc1cccnc1. The molecule has 0 amide bonds. The molecule has 0 aliphatic rings. The average Bonchev–Trinajstić information content (AvgIpc) is 2.71. The van der Waals surface area contributed by atoms with Gasteiger partial charge in [-0.2, -0.15) is 0 Å². The van der Waals surface area contributed by atoms with Crippen molar-refractivity contribution in [2.45, 2.75) is 19.6 Å². The molecule has 0 spiro atoms. The van der Waals surface area contributed by atoms with Gasteiger partial charge in [0.2, 0.25) is 0 Å². The fourth-order valence-corrected chi connectivity index (χ4v) is 2.75. The minimum absolute atomic E-state index is 0.158. The lowest BCUT2D eigenvalue weighted by molar-refractivity contribution is 0.284. The summed E-state index contributed by atoms with van der Waals surface area (Å²) in [5, 5.41) is 3.34. The Hall–Kier alpha value is -2.92. The van der Waals surface area contributed by atoms with E-state index in [0.29, 0.717) is 37.6 Å². The molecule has 27 heavy (non-hydrogen) atoms. The van der Waals surface area contributed by atoms with E-state index in [1.54, 1.807) is 25.6 Å². The molecule has 0 fully saturated rings. The molecule has 3 aromatic rings. The molecule has 1 aromatic heterocycles. The average molecular weight is 366 g/mol. The third kappa shape index (κ3) is 5.53. The minimum atomic E-state index is -0.158. The molecule has 5 heteroatoms. The summed E-state index contributed by atoms with van der Waals surface area (Å²) in [6.45, 7) is 1.79. The van der Waals surface area contributed by atoms with E-state index in [1.165, 1.54) is 6.07 Å². The summed E-state index contributed by atoms with van der Waals surface area (Å²) in [6, 6.07) is 16.6.